The number of nitrogens with zero attached hydrogens (tertiary/aromatic N) is 4. The molecule has 0 N–H and O–H groups in total. The van der Waals surface area contributed by atoms with E-state index in [-0.39, 0.29) is 12.0 Å². The van der Waals surface area contributed by atoms with E-state index in [0.717, 1.165) is 11.4 Å². The molecular formula is C60H40N4. The highest BCUT2D eigenvalue weighted by atomic mass is 15.2. The fourth-order valence-electron chi connectivity index (χ4n) is 11.2. The van der Waals surface area contributed by atoms with Crippen LogP contribution in [-0.4, -0.2) is 19.7 Å². The summed E-state index contributed by atoms with van der Waals surface area (Å²) < 4.78 is 7.35. The molecule has 9 aromatic carbocycles. The average Bonchev–Trinajstić information content (AvgIpc) is 4.09. The molecule has 1 aliphatic heterocycles. The Kier molecular flexibility index (Phi) is 7.48. The van der Waals surface area contributed by atoms with Gasteiger partial charge in [0, 0.05) is 72.2 Å². The molecule has 0 spiro atoms. The summed E-state index contributed by atoms with van der Waals surface area (Å²) >= 11 is 0. The van der Waals surface area contributed by atoms with E-state index in [2.05, 4.69) is 249 Å². The minimum Gasteiger partial charge on any atom is -0.333 e. The van der Waals surface area contributed by atoms with E-state index in [4.69, 9.17) is 0 Å². The lowest BCUT2D eigenvalue weighted by Crippen LogP contribution is -2.28. The maximum atomic E-state index is 2.53. The third-order valence-corrected chi connectivity index (χ3v) is 13.9. The van der Waals surface area contributed by atoms with Crippen LogP contribution in [-0.2, 0) is 0 Å². The number of rotatable bonds is 5. The van der Waals surface area contributed by atoms with Gasteiger partial charge in [0.15, 0.2) is 0 Å². The Bertz CT molecular complexity index is 3880. The molecule has 2 atom stereocenters. The first-order chi connectivity index (χ1) is 31.8. The van der Waals surface area contributed by atoms with Crippen LogP contribution >= 0.6 is 0 Å². The zero-order valence-corrected chi connectivity index (χ0v) is 34.9. The Morgan fingerprint density at radius 1 is 0.312 bits per heavy atom. The standard InChI is InChI=1S/C60H40N4/c1-3-15-41(16-4-1)61-55-26-14-10-22-49(55)59-56(61)36-35-48-45-19-7-13-25-54(45)64(60(48)59)44-33-29-40(30-34-44)39-27-31-43(32-28-39)63-53-24-12-9-21-47(53)51-37-57-50(38-58(51)63)46-20-8-11-23-52(46)62(57)42-17-5-2-6-18-42/h1-38,49,55H. The van der Waals surface area contributed by atoms with Gasteiger partial charge in [-0.2, -0.15) is 0 Å². The summed E-state index contributed by atoms with van der Waals surface area (Å²) in [5.41, 5.74) is 17.1. The van der Waals surface area contributed by atoms with Gasteiger partial charge in [-0.15, -0.1) is 0 Å². The van der Waals surface area contributed by atoms with Gasteiger partial charge in [-0.25, -0.2) is 0 Å². The first-order valence-electron chi connectivity index (χ1n) is 22.3. The zero-order chi connectivity index (χ0) is 41.9. The number of allylic oxidation sites excluding steroid dienone is 2. The molecule has 2 unspecified atom stereocenters. The van der Waals surface area contributed by atoms with E-state index in [1.54, 1.807) is 0 Å². The molecule has 0 saturated carbocycles. The normalized spacial score (nSPS) is 15.7. The quantitative estimate of drug-likeness (QED) is 0.169. The van der Waals surface area contributed by atoms with Gasteiger partial charge < -0.3 is 18.6 Å². The van der Waals surface area contributed by atoms with Crippen LogP contribution in [0.15, 0.2) is 231 Å². The van der Waals surface area contributed by atoms with E-state index < -0.39 is 0 Å². The van der Waals surface area contributed by atoms with E-state index >= 15 is 0 Å². The summed E-state index contributed by atoms with van der Waals surface area (Å²) in [7, 11) is 0. The summed E-state index contributed by atoms with van der Waals surface area (Å²) in [4.78, 5) is 2.53. The Morgan fingerprint density at radius 2 is 0.766 bits per heavy atom. The smallest absolute Gasteiger partial charge is 0.0630 e. The fourth-order valence-corrected chi connectivity index (χ4v) is 11.2. The predicted molar refractivity (Wildman–Crippen MR) is 268 cm³/mol. The number of anilines is 2. The minimum atomic E-state index is 0.217. The Balaban J connectivity index is 0.881. The van der Waals surface area contributed by atoms with E-state index in [0.29, 0.717) is 0 Å². The Hall–Kier alpha value is -8.34. The lowest BCUT2D eigenvalue weighted by molar-refractivity contribution is 0.746. The molecule has 300 valence electrons. The first kappa shape index (κ1) is 35.3. The maximum Gasteiger partial charge on any atom is 0.0630 e. The van der Waals surface area contributed by atoms with Crippen LogP contribution < -0.4 is 4.90 Å². The SMILES string of the molecule is C1=CC2c3c(ccc4c5ccccc5n(-c5ccc(-c6ccc(-n7c8ccccc8c8cc9c(cc87)c7ccccc7n9-c7ccccc7)cc6)cc5)c34)N(c3ccccc3)C2C=C1. The molecule has 1 aliphatic carbocycles. The summed E-state index contributed by atoms with van der Waals surface area (Å²) in [5, 5.41) is 7.57. The van der Waals surface area contributed by atoms with Gasteiger partial charge in [0.2, 0.25) is 0 Å². The van der Waals surface area contributed by atoms with Gasteiger partial charge in [0.25, 0.3) is 0 Å². The Labute approximate surface area is 370 Å². The number of hydrogen-bond donors (Lipinski definition) is 0. The molecule has 4 heterocycles. The summed E-state index contributed by atoms with van der Waals surface area (Å²) in [5.74, 6) is 0.236. The lowest BCUT2D eigenvalue weighted by atomic mass is 9.90. The van der Waals surface area contributed by atoms with Crippen molar-refractivity contribution in [2.45, 2.75) is 12.0 Å². The van der Waals surface area contributed by atoms with Crippen molar-refractivity contribution in [3.63, 3.8) is 0 Å². The van der Waals surface area contributed by atoms with Crippen LogP contribution in [0.25, 0.3) is 93.6 Å². The maximum absolute atomic E-state index is 2.53. The molecule has 0 radical (unpaired) electrons. The van der Waals surface area contributed by atoms with E-state index in [9.17, 15) is 0 Å². The number of hydrogen-bond acceptors (Lipinski definition) is 1. The molecule has 4 heteroatoms. The molecule has 2 aliphatic rings. The molecule has 14 rings (SSSR count). The fraction of sp³-hybridized carbons (Fsp3) is 0.0333. The summed E-state index contributed by atoms with van der Waals surface area (Å²) in [6, 6.07) is 76.1. The van der Waals surface area contributed by atoms with Crippen molar-refractivity contribution in [3.8, 4) is 28.2 Å². The topological polar surface area (TPSA) is 18.0 Å². The van der Waals surface area contributed by atoms with Crippen molar-refractivity contribution in [2.24, 2.45) is 0 Å². The summed E-state index contributed by atoms with van der Waals surface area (Å²) in [6.45, 7) is 0. The average molecular weight is 817 g/mol. The monoisotopic (exact) mass is 816 g/mol. The van der Waals surface area contributed by atoms with Gasteiger partial charge in [-0.3, -0.25) is 0 Å². The second-order valence-corrected chi connectivity index (χ2v) is 17.3. The third-order valence-electron chi connectivity index (χ3n) is 13.9. The highest BCUT2D eigenvalue weighted by Crippen LogP contribution is 2.52. The number of fused-ring (bicyclic) bond motifs is 13. The molecular weight excluding hydrogens is 777 g/mol. The van der Waals surface area contributed by atoms with Crippen molar-refractivity contribution in [1.82, 2.24) is 13.7 Å². The first-order valence-corrected chi connectivity index (χ1v) is 22.3. The van der Waals surface area contributed by atoms with Gasteiger partial charge in [0.05, 0.1) is 39.1 Å². The molecule has 0 bridgehead atoms. The van der Waals surface area contributed by atoms with Crippen LogP contribution in [0.2, 0.25) is 0 Å². The molecule has 12 aromatic rings. The van der Waals surface area contributed by atoms with Gasteiger partial charge >= 0.3 is 0 Å². The van der Waals surface area contributed by atoms with E-state index in [1.807, 2.05) is 0 Å². The van der Waals surface area contributed by atoms with Crippen LogP contribution in [0.4, 0.5) is 11.4 Å². The van der Waals surface area contributed by atoms with Gasteiger partial charge in [-0.05, 0) is 96.1 Å². The minimum absolute atomic E-state index is 0.217. The molecule has 4 nitrogen and oxygen atoms in total. The lowest BCUT2D eigenvalue weighted by Gasteiger charge is -2.28. The molecule has 0 fully saturated rings. The van der Waals surface area contributed by atoms with Crippen LogP contribution in [0.3, 0.4) is 0 Å². The van der Waals surface area contributed by atoms with Crippen molar-refractivity contribution in [1.29, 1.82) is 0 Å². The van der Waals surface area contributed by atoms with Crippen molar-refractivity contribution in [3.05, 3.63) is 236 Å². The third kappa shape index (κ3) is 4.99. The number of benzene rings is 9. The second-order valence-electron chi connectivity index (χ2n) is 17.3. The van der Waals surface area contributed by atoms with Crippen LogP contribution in [0.5, 0.6) is 0 Å². The molecule has 0 saturated heterocycles. The van der Waals surface area contributed by atoms with Crippen molar-refractivity contribution in [2.75, 3.05) is 4.90 Å². The number of para-hydroxylation sites is 5. The predicted octanol–water partition coefficient (Wildman–Crippen LogP) is 15.4. The molecule has 0 amide bonds. The Morgan fingerprint density at radius 3 is 1.34 bits per heavy atom. The van der Waals surface area contributed by atoms with Crippen LogP contribution in [0, 0.1) is 0 Å². The zero-order valence-electron chi connectivity index (χ0n) is 34.9. The van der Waals surface area contributed by atoms with Gasteiger partial charge in [-0.1, -0.05) is 146 Å². The summed E-state index contributed by atoms with van der Waals surface area (Å²) in [6.07, 6.45) is 9.18. The van der Waals surface area contributed by atoms with Crippen molar-refractivity contribution >= 4 is 76.8 Å². The van der Waals surface area contributed by atoms with Crippen molar-refractivity contribution < 1.29 is 0 Å². The highest BCUT2D eigenvalue weighted by Gasteiger charge is 2.40. The molecule has 64 heavy (non-hydrogen) atoms. The van der Waals surface area contributed by atoms with E-state index in [1.165, 1.54) is 99.2 Å². The molecule has 3 aromatic heterocycles. The van der Waals surface area contributed by atoms with Crippen LogP contribution in [0.1, 0.15) is 11.5 Å². The largest absolute Gasteiger partial charge is 0.333 e. The highest BCUT2D eigenvalue weighted by molar-refractivity contribution is 6.19. The second kappa shape index (κ2) is 13.6. The van der Waals surface area contributed by atoms with Gasteiger partial charge in [0.1, 0.15) is 0 Å². The number of aromatic nitrogens is 3.